The summed E-state index contributed by atoms with van der Waals surface area (Å²) in [5, 5.41) is 2.35. The highest BCUT2D eigenvalue weighted by Crippen LogP contribution is 2.29. The molecule has 2 aromatic rings. The van der Waals surface area contributed by atoms with Crippen molar-refractivity contribution in [1.29, 1.82) is 0 Å². The molecule has 0 unspecified atom stereocenters. The van der Waals surface area contributed by atoms with E-state index >= 15 is 0 Å². The van der Waals surface area contributed by atoms with Crippen molar-refractivity contribution in [2.24, 2.45) is 0 Å². The molecule has 104 valence electrons. The molecule has 7 heteroatoms. The average molecular weight is 282 g/mol. The second kappa shape index (κ2) is 5.20. The summed E-state index contributed by atoms with van der Waals surface area (Å²) < 4.78 is 37.1. The van der Waals surface area contributed by atoms with Gasteiger partial charge in [-0.3, -0.25) is 9.59 Å². The fraction of sp³-hybridized carbons (Fsp3) is 0.0769. The fourth-order valence-corrected chi connectivity index (χ4v) is 1.54. The number of amides is 1. The predicted molar refractivity (Wildman–Crippen MR) is 66.5 cm³/mol. The van der Waals surface area contributed by atoms with Gasteiger partial charge in [0.1, 0.15) is 5.56 Å². The molecule has 4 nitrogen and oxygen atoms in total. The van der Waals surface area contributed by atoms with Crippen LogP contribution in [0.15, 0.2) is 47.4 Å². The number of nitrogens with one attached hydrogen (secondary N) is 2. The van der Waals surface area contributed by atoms with Crippen LogP contribution in [0.3, 0.4) is 0 Å². The van der Waals surface area contributed by atoms with Crippen molar-refractivity contribution in [3.05, 3.63) is 64.1 Å². The number of benzene rings is 1. The average Bonchev–Trinajstić information content (AvgIpc) is 2.38. The highest BCUT2D eigenvalue weighted by atomic mass is 19.4. The Bertz CT molecular complexity index is 675. The lowest BCUT2D eigenvalue weighted by Gasteiger charge is -2.08. The van der Waals surface area contributed by atoms with Gasteiger partial charge in [0, 0.05) is 11.9 Å². The Hall–Kier alpha value is -2.57. The minimum absolute atomic E-state index is 0.118. The standard InChI is InChI=1S/C13H9F3N2O2/c14-13(15,16)8-3-5-9(6-4-8)18-12(20)10-2-1-7-17-11(10)19/h1-7H,(H,17,19)(H,18,20). The highest BCUT2D eigenvalue weighted by Gasteiger charge is 2.30. The van der Waals surface area contributed by atoms with Gasteiger partial charge in [0.15, 0.2) is 0 Å². The fourth-order valence-electron chi connectivity index (χ4n) is 1.54. The maximum atomic E-state index is 12.4. The van der Waals surface area contributed by atoms with E-state index in [-0.39, 0.29) is 11.3 Å². The van der Waals surface area contributed by atoms with Crippen molar-refractivity contribution in [3.8, 4) is 0 Å². The lowest BCUT2D eigenvalue weighted by Crippen LogP contribution is -2.22. The molecule has 1 amide bonds. The first-order valence-corrected chi connectivity index (χ1v) is 5.54. The molecule has 1 heterocycles. The zero-order valence-corrected chi connectivity index (χ0v) is 9.99. The summed E-state index contributed by atoms with van der Waals surface area (Å²) >= 11 is 0. The van der Waals surface area contributed by atoms with Gasteiger partial charge >= 0.3 is 6.18 Å². The predicted octanol–water partition coefficient (Wildman–Crippen LogP) is 2.65. The number of carbonyl (C=O) groups is 1. The summed E-state index contributed by atoms with van der Waals surface area (Å²) in [6.45, 7) is 0. The summed E-state index contributed by atoms with van der Waals surface area (Å²) in [6, 6.07) is 6.74. The molecule has 0 atom stereocenters. The number of aromatic nitrogens is 1. The first-order valence-electron chi connectivity index (χ1n) is 5.54. The number of rotatable bonds is 2. The highest BCUT2D eigenvalue weighted by molar-refractivity contribution is 6.03. The summed E-state index contributed by atoms with van der Waals surface area (Å²) in [7, 11) is 0. The molecular formula is C13H9F3N2O2. The van der Waals surface area contributed by atoms with Crippen molar-refractivity contribution < 1.29 is 18.0 Å². The topological polar surface area (TPSA) is 62.0 Å². The maximum absolute atomic E-state index is 12.4. The van der Waals surface area contributed by atoms with Gasteiger partial charge in [-0.2, -0.15) is 13.2 Å². The van der Waals surface area contributed by atoms with Crippen LogP contribution in [0.4, 0.5) is 18.9 Å². The number of aromatic amines is 1. The Kier molecular flexibility index (Phi) is 3.60. The SMILES string of the molecule is O=C(Nc1ccc(C(F)(F)F)cc1)c1ccc[nH]c1=O. The Morgan fingerprint density at radius 3 is 2.30 bits per heavy atom. The lowest BCUT2D eigenvalue weighted by molar-refractivity contribution is -0.137. The Labute approximate surface area is 111 Å². The molecule has 0 aliphatic rings. The van der Waals surface area contributed by atoms with Crippen molar-refractivity contribution >= 4 is 11.6 Å². The number of H-pyrrole nitrogens is 1. The Balaban J connectivity index is 2.17. The van der Waals surface area contributed by atoms with E-state index in [1.807, 2.05) is 0 Å². The summed E-state index contributed by atoms with van der Waals surface area (Å²) in [6.07, 6.45) is -3.06. The van der Waals surface area contributed by atoms with Crippen molar-refractivity contribution in [2.45, 2.75) is 6.18 Å². The molecule has 0 saturated heterocycles. The van der Waals surface area contributed by atoms with Crippen LogP contribution in [0.1, 0.15) is 15.9 Å². The van der Waals surface area contributed by atoms with E-state index < -0.39 is 23.2 Å². The van der Waals surface area contributed by atoms with E-state index in [2.05, 4.69) is 10.3 Å². The molecule has 0 fully saturated rings. The minimum Gasteiger partial charge on any atom is -0.328 e. The third-order valence-corrected chi connectivity index (χ3v) is 2.53. The van der Waals surface area contributed by atoms with Gasteiger partial charge in [0.2, 0.25) is 0 Å². The number of hydrogen-bond donors (Lipinski definition) is 2. The second-order valence-corrected chi connectivity index (χ2v) is 3.94. The number of halogens is 3. The second-order valence-electron chi connectivity index (χ2n) is 3.94. The summed E-state index contributed by atoms with van der Waals surface area (Å²) in [4.78, 5) is 25.5. The quantitative estimate of drug-likeness (QED) is 0.889. The van der Waals surface area contributed by atoms with Crippen molar-refractivity contribution in [2.75, 3.05) is 5.32 Å². The van der Waals surface area contributed by atoms with E-state index in [4.69, 9.17) is 0 Å². The molecule has 2 N–H and O–H groups in total. The third kappa shape index (κ3) is 3.05. The van der Waals surface area contributed by atoms with Crippen LogP contribution in [0.25, 0.3) is 0 Å². The molecule has 0 radical (unpaired) electrons. The van der Waals surface area contributed by atoms with Crippen LogP contribution in [0, 0.1) is 0 Å². The molecule has 20 heavy (non-hydrogen) atoms. The molecule has 0 bridgehead atoms. The van der Waals surface area contributed by atoms with E-state index in [0.29, 0.717) is 0 Å². The Morgan fingerprint density at radius 2 is 1.75 bits per heavy atom. The largest absolute Gasteiger partial charge is 0.416 e. The maximum Gasteiger partial charge on any atom is 0.416 e. The zero-order chi connectivity index (χ0) is 14.8. The monoisotopic (exact) mass is 282 g/mol. The van der Waals surface area contributed by atoms with Gasteiger partial charge in [0.05, 0.1) is 5.56 Å². The molecular weight excluding hydrogens is 273 g/mol. The first-order chi connectivity index (χ1) is 9.38. The number of anilines is 1. The van der Waals surface area contributed by atoms with Gasteiger partial charge in [-0.1, -0.05) is 0 Å². The molecule has 0 spiro atoms. The van der Waals surface area contributed by atoms with E-state index in [9.17, 15) is 22.8 Å². The van der Waals surface area contributed by atoms with Crippen LogP contribution in [-0.4, -0.2) is 10.9 Å². The van der Waals surface area contributed by atoms with E-state index in [1.165, 1.54) is 18.3 Å². The van der Waals surface area contributed by atoms with Crippen LogP contribution in [0.5, 0.6) is 0 Å². The van der Waals surface area contributed by atoms with Gasteiger partial charge in [-0.25, -0.2) is 0 Å². The van der Waals surface area contributed by atoms with Gasteiger partial charge < -0.3 is 10.3 Å². The van der Waals surface area contributed by atoms with Crippen molar-refractivity contribution in [3.63, 3.8) is 0 Å². The van der Waals surface area contributed by atoms with Crippen LogP contribution >= 0.6 is 0 Å². The number of carbonyl (C=O) groups excluding carboxylic acids is 1. The first kappa shape index (κ1) is 13.9. The molecule has 1 aromatic heterocycles. The van der Waals surface area contributed by atoms with Gasteiger partial charge in [0.25, 0.3) is 11.5 Å². The van der Waals surface area contributed by atoms with Crippen LogP contribution < -0.4 is 10.9 Å². The summed E-state index contributed by atoms with van der Waals surface area (Å²) in [5.41, 5.74) is -1.33. The normalized spacial score (nSPS) is 11.2. The van der Waals surface area contributed by atoms with Crippen molar-refractivity contribution in [1.82, 2.24) is 4.98 Å². The third-order valence-electron chi connectivity index (χ3n) is 2.53. The number of hydrogen-bond acceptors (Lipinski definition) is 2. The summed E-state index contributed by atoms with van der Waals surface area (Å²) in [5.74, 6) is -0.688. The van der Waals surface area contributed by atoms with Crippen LogP contribution in [0.2, 0.25) is 0 Å². The molecule has 2 rings (SSSR count). The minimum atomic E-state index is -4.43. The van der Waals surface area contributed by atoms with Crippen LogP contribution in [-0.2, 0) is 6.18 Å². The molecule has 0 saturated carbocycles. The lowest BCUT2D eigenvalue weighted by atomic mass is 10.2. The van der Waals surface area contributed by atoms with Gasteiger partial charge in [-0.05, 0) is 36.4 Å². The number of alkyl halides is 3. The van der Waals surface area contributed by atoms with E-state index in [0.717, 1.165) is 24.3 Å². The van der Waals surface area contributed by atoms with Gasteiger partial charge in [-0.15, -0.1) is 0 Å². The zero-order valence-electron chi connectivity index (χ0n) is 9.99. The smallest absolute Gasteiger partial charge is 0.328 e. The molecule has 0 aliphatic heterocycles. The molecule has 1 aromatic carbocycles. The molecule has 0 aliphatic carbocycles. The number of pyridine rings is 1. The Morgan fingerprint density at radius 1 is 1.10 bits per heavy atom. The van der Waals surface area contributed by atoms with E-state index in [1.54, 1.807) is 0 Å².